The summed E-state index contributed by atoms with van der Waals surface area (Å²) in [6.07, 6.45) is -2.74. The van der Waals surface area contributed by atoms with Crippen molar-refractivity contribution in [3.63, 3.8) is 0 Å². The minimum atomic E-state index is -2.74. The maximum Gasteiger partial charge on any atom is 0.280 e. The second kappa shape index (κ2) is 3.43. The van der Waals surface area contributed by atoms with E-state index in [0.717, 1.165) is 6.07 Å². The van der Waals surface area contributed by atoms with Crippen LogP contribution in [-0.4, -0.2) is 4.98 Å². The van der Waals surface area contributed by atoms with Crippen molar-refractivity contribution < 1.29 is 13.2 Å². The van der Waals surface area contributed by atoms with Crippen molar-refractivity contribution in [1.29, 1.82) is 0 Å². The van der Waals surface area contributed by atoms with Gasteiger partial charge in [-0.05, 0) is 13.0 Å². The Morgan fingerprint density at radius 3 is 2.50 bits per heavy atom. The molecule has 0 radical (unpaired) electrons. The first-order chi connectivity index (χ1) is 5.52. The number of pyridine rings is 1. The summed E-state index contributed by atoms with van der Waals surface area (Å²) < 4.78 is 37.1. The van der Waals surface area contributed by atoms with E-state index in [4.69, 9.17) is 0 Å². The highest BCUT2D eigenvalue weighted by molar-refractivity contribution is 9.10. The lowest BCUT2D eigenvalue weighted by Crippen LogP contribution is -1.96. The number of aromatic nitrogens is 1. The summed E-state index contributed by atoms with van der Waals surface area (Å²) >= 11 is 2.95. The van der Waals surface area contributed by atoms with Crippen molar-refractivity contribution in [3.8, 4) is 0 Å². The molecule has 0 unspecified atom stereocenters. The normalized spacial score (nSPS) is 10.8. The zero-order valence-corrected chi connectivity index (χ0v) is 7.70. The van der Waals surface area contributed by atoms with E-state index in [1.807, 2.05) is 0 Å². The van der Waals surface area contributed by atoms with Crippen molar-refractivity contribution in [2.75, 3.05) is 0 Å². The van der Waals surface area contributed by atoms with Crippen molar-refractivity contribution >= 4 is 15.9 Å². The third kappa shape index (κ3) is 1.77. The lowest BCUT2D eigenvalue weighted by atomic mass is 10.3. The molecular weight excluding hydrogens is 235 g/mol. The van der Waals surface area contributed by atoms with Gasteiger partial charge in [0.15, 0.2) is 0 Å². The Morgan fingerprint density at radius 2 is 2.08 bits per heavy atom. The highest BCUT2D eigenvalue weighted by Gasteiger charge is 2.13. The average Bonchev–Trinajstić information content (AvgIpc) is 1.99. The summed E-state index contributed by atoms with van der Waals surface area (Å²) in [6, 6.07) is 1.11. The first-order valence-corrected chi connectivity index (χ1v) is 3.92. The number of nitrogens with zero attached hydrogens (tertiary/aromatic N) is 1. The van der Waals surface area contributed by atoms with Crippen LogP contribution in [0.25, 0.3) is 0 Å². The molecule has 0 aliphatic heterocycles. The largest absolute Gasteiger partial charge is 0.280 e. The Morgan fingerprint density at radius 1 is 1.50 bits per heavy atom. The van der Waals surface area contributed by atoms with E-state index in [-0.39, 0.29) is 5.56 Å². The predicted octanol–water partition coefficient (Wildman–Crippen LogP) is 3.23. The molecule has 12 heavy (non-hydrogen) atoms. The molecule has 66 valence electrons. The van der Waals surface area contributed by atoms with Gasteiger partial charge in [0, 0.05) is 10.0 Å². The van der Waals surface area contributed by atoms with Crippen molar-refractivity contribution in [2.45, 2.75) is 13.3 Å². The number of hydrogen-bond donors (Lipinski definition) is 0. The molecular formula is C7H5BrF3N. The molecule has 0 amide bonds. The van der Waals surface area contributed by atoms with E-state index in [1.54, 1.807) is 0 Å². The molecule has 1 nitrogen and oxygen atoms in total. The van der Waals surface area contributed by atoms with Crippen LogP contribution >= 0.6 is 15.9 Å². The van der Waals surface area contributed by atoms with Gasteiger partial charge in [-0.15, -0.1) is 0 Å². The fraction of sp³-hybridized carbons (Fsp3) is 0.286. The van der Waals surface area contributed by atoms with Gasteiger partial charge in [0.25, 0.3) is 6.43 Å². The maximum atomic E-state index is 12.7. The molecule has 0 aliphatic rings. The van der Waals surface area contributed by atoms with Crippen molar-refractivity contribution in [1.82, 2.24) is 4.98 Å². The summed E-state index contributed by atoms with van der Waals surface area (Å²) in [5.74, 6) is -0.861. The van der Waals surface area contributed by atoms with E-state index in [1.165, 1.54) is 6.92 Å². The van der Waals surface area contributed by atoms with Crippen LogP contribution < -0.4 is 0 Å². The lowest BCUT2D eigenvalue weighted by molar-refractivity contribution is 0.144. The first kappa shape index (κ1) is 9.51. The van der Waals surface area contributed by atoms with Gasteiger partial charge in [-0.25, -0.2) is 13.8 Å². The monoisotopic (exact) mass is 239 g/mol. The van der Waals surface area contributed by atoms with Crippen LogP contribution in [0.15, 0.2) is 10.5 Å². The molecule has 1 aromatic heterocycles. The molecule has 5 heteroatoms. The van der Waals surface area contributed by atoms with E-state index in [0.29, 0.717) is 4.47 Å². The highest BCUT2D eigenvalue weighted by atomic mass is 79.9. The molecule has 1 heterocycles. The van der Waals surface area contributed by atoms with E-state index >= 15 is 0 Å². The molecule has 0 saturated heterocycles. The van der Waals surface area contributed by atoms with Gasteiger partial charge in [-0.3, -0.25) is 0 Å². The maximum absolute atomic E-state index is 12.7. The summed E-state index contributed by atoms with van der Waals surface area (Å²) in [7, 11) is 0. The fourth-order valence-electron chi connectivity index (χ4n) is 0.678. The highest BCUT2D eigenvalue weighted by Crippen LogP contribution is 2.24. The molecule has 0 saturated carbocycles. The van der Waals surface area contributed by atoms with E-state index in [9.17, 15) is 13.2 Å². The molecule has 0 fully saturated rings. The van der Waals surface area contributed by atoms with Crippen LogP contribution in [0.5, 0.6) is 0 Å². The van der Waals surface area contributed by atoms with Crippen molar-refractivity contribution in [3.05, 3.63) is 27.7 Å². The van der Waals surface area contributed by atoms with Crippen LogP contribution in [0, 0.1) is 12.9 Å². The summed E-state index contributed by atoms with van der Waals surface area (Å²) in [6.45, 7) is 1.46. The molecule has 0 atom stereocenters. The van der Waals surface area contributed by atoms with Crippen molar-refractivity contribution in [2.24, 2.45) is 0 Å². The zero-order valence-electron chi connectivity index (χ0n) is 6.11. The van der Waals surface area contributed by atoms with Crippen LogP contribution in [0.3, 0.4) is 0 Å². The van der Waals surface area contributed by atoms with Gasteiger partial charge in [0.1, 0.15) is 5.69 Å². The molecule has 0 aliphatic carbocycles. The quantitative estimate of drug-likeness (QED) is 0.686. The van der Waals surface area contributed by atoms with Gasteiger partial charge in [-0.1, -0.05) is 15.9 Å². The molecule has 0 spiro atoms. The Bertz CT molecular complexity index is 278. The first-order valence-electron chi connectivity index (χ1n) is 3.13. The van der Waals surface area contributed by atoms with Gasteiger partial charge >= 0.3 is 0 Å². The molecule has 0 aromatic carbocycles. The van der Waals surface area contributed by atoms with Crippen LogP contribution in [-0.2, 0) is 0 Å². The number of alkyl halides is 2. The van der Waals surface area contributed by atoms with E-state index < -0.39 is 18.1 Å². The Kier molecular flexibility index (Phi) is 2.72. The SMILES string of the molecule is Cc1c(Br)cc(C(F)F)nc1F. The molecule has 0 bridgehead atoms. The van der Waals surface area contributed by atoms with Crippen LogP contribution in [0.2, 0.25) is 0 Å². The van der Waals surface area contributed by atoms with Gasteiger partial charge in [0.2, 0.25) is 5.95 Å². The second-order valence-electron chi connectivity index (χ2n) is 2.25. The third-order valence-corrected chi connectivity index (χ3v) is 2.22. The Hall–Kier alpha value is -0.580. The molecule has 0 N–H and O–H groups in total. The standard InChI is InChI=1S/C7H5BrF3N/c1-3-4(8)2-5(6(9)10)12-7(3)11/h2,6H,1H3. The van der Waals surface area contributed by atoms with Crippen LogP contribution in [0.1, 0.15) is 17.7 Å². The Labute approximate surface area is 75.7 Å². The van der Waals surface area contributed by atoms with E-state index in [2.05, 4.69) is 20.9 Å². The average molecular weight is 240 g/mol. The van der Waals surface area contributed by atoms with Gasteiger partial charge in [-0.2, -0.15) is 4.39 Å². The van der Waals surface area contributed by atoms with Crippen LogP contribution in [0.4, 0.5) is 13.2 Å². The topological polar surface area (TPSA) is 12.9 Å². The smallest absolute Gasteiger partial charge is 0.218 e. The minimum Gasteiger partial charge on any atom is -0.218 e. The second-order valence-corrected chi connectivity index (χ2v) is 3.10. The number of halogens is 4. The summed E-state index contributed by atoms with van der Waals surface area (Å²) in [5.41, 5.74) is -0.315. The lowest BCUT2D eigenvalue weighted by Gasteiger charge is -2.02. The van der Waals surface area contributed by atoms with Gasteiger partial charge < -0.3 is 0 Å². The summed E-state index contributed by atoms with van der Waals surface area (Å²) in [4.78, 5) is 3.09. The molecule has 1 rings (SSSR count). The Balaban J connectivity index is 3.21. The molecule has 1 aromatic rings. The zero-order chi connectivity index (χ0) is 9.30. The number of hydrogen-bond acceptors (Lipinski definition) is 1. The van der Waals surface area contributed by atoms with Gasteiger partial charge in [0.05, 0.1) is 0 Å². The summed E-state index contributed by atoms with van der Waals surface area (Å²) in [5, 5.41) is 0. The predicted molar refractivity (Wildman–Crippen MR) is 41.6 cm³/mol. The number of rotatable bonds is 1. The fourth-order valence-corrected chi connectivity index (χ4v) is 1.08. The minimum absolute atomic E-state index is 0.236. The third-order valence-electron chi connectivity index (χ3n) is 1.39.